The lowest BCUT2D eigenvalue weighted by Gasteiger charge is -2.39. The summed E-state index contributed by atoms with van der Waals surface area (Å²) in [7, 11) is 0. The number of fused-ring (bicyclic) bond motifs is 1. The van der Waals surface area contributed by atoms with Crippen molar-refractivity contribution in [2.45, 2.75) is 19.3 Å². The van der Waals surface area contributed by atoms with Gasteiger partial charge in [0.1, 0.15) is 5.82 Å². The number of piperidine rings is 1. The van der Waals surface area contributed by atoms with Crippen molar-refractivity contribution in [3.8, 4) is 0 Å². The van der Waals surface area contributed by atoms with E-state index < -0.39 is 0 Å². The summed E-state index contributed by atoms with van der Waals surface area (Å²) in [6.07, 6.45) is 3.86. The number of aromatic nitrogens is 1. The Bertz CT molecular complexity index is 1020. The second-order valence-electron chi connectivity index (χ2n) is 9.31. The predicted molar refractivity (Wildman–Crippen MR) is 135 cm³/mol. The molecule has 32 heavy (non-hydrogen) atoms. The Hall–Kier alpha value is -2.14. The number of likely N-dealkylation sites (tertiary alicyclic amines) is 1. The van der Waals surface area contributed by atoms with Gasteiger partial charge in [-0.1, -0.05) is 54.1 Å². The van der Waals surface area contributed by atoms with Crippen LogP contribution in [0, 0.1) is 5.92 Å². The van der Waals surface area contributed by atoms with E-state index in [1.807, 2.05) is 12.1 Å². The van der Waals surface area contributed by atoms with Crippen LogP contribution in [0.3, 0.4) is 0 Å². The third kappa shape index (κ3) is 5.25. The molecule has 3 aromatic rings. The SMILES string of the molecule is Clc1cccc2ccc(N3CCN(C[C@@H]4CCCN(CCc5ccccc5)C4)CC3)nc12. The molecule has 1 aromatic heterocycles. The lowest BCUT2D eigenvalue weighted by atomic mass is 9.96. The largest absolute Gasteiger partial charge is 0.354 e. The third-order valence-electron chi connectivity index (χ3n) is 7.03. The number of hydrogen-bond acceptors (Lipinski definition) is 4. The normalized spacial score (nSPS) is 20.7. The Morgan fingerprint density at radius 2 is 1.69 bits per heavy atom. The van der Waals surface area contributed by atoms with Gasteiger partial charge in [0.2, 0.25) is 0 Å². The highest BCUT2D eigenvalue weighted by atomic mass is 35.5. The van der Waals surface area contributed by atoms with Crippen LogP contribution in [-0.2, 0) is 6.42 Å². The van der Waals surface area contributed by atoms with Gasteiger partial charge in [-0.15, -0.1) is 0 Å². The minimum absolute atomic E-state index is 0.733. The number of halogens is 1. The number of anilines is 1. The number of nitrogens with zero attached hydrogens (tertiary/aromatic N) is 4. The van der Waals surface area contributed by atoms with Crippen LogP contribution in [0.2, 0.25) is 5.02 Å². The van der Waals surface area contributed by atoms with Crippen molar-refractivity contribution in [2.24, 2.45) is 5.92 Å². The third-order valence-corrected chi connectivity index (χ3v) is 7.34. The zero-order valence-corrected chi connectivity index (χ0v) is 19.6. The van der Waals surface area contributed by atoms with E-state index in [-0.39, 0.29) is 0 Å². The second kappa shape index (κ2) is 10.2. The van der Waals surface area contributed by atoms with Crippen molar-refractivity contribution in [3.05, 3.63) is 71.2 Å². The van der Waals surface area contributed by atoms with Gasteiger partial charge in [-0.05, 0) is 55.5 Å². The first-order valence-corrected chi connectivity index (χ1v) is 12.4. The standard InChI is InChI=1S/C27H33ClN4/c28-25-10-4-9-24-11-12-26(29-27(24)25)32-18-16-31(17-19-32)21-23-8-5-14-30(20-23)15-13-22-6-2-1-3-7-22/h1-4,6-7,9-12,23H,5,8,13-21H2/t23-/m1/s1. The molecule has 0 radical (unpaired) electrons. The van der Waals surface area contributed by atoms with Gasteiger partial charge in [-0.2, -0.15) is 0 Å². The van der Waals surface area contributed by atoms with E-state index in [1.165, 1.54) is 44.6 Å². The molecule has 168 valence electrons. The Balaban J connectivity index is 1.11. The smallest absolute Gasteiger partial charge is 0.129 e. The highest BCUT2D eigenvalue weighted by molar-refractivity contribution is 6.35. The maximum Gasteiger partial charge on any atom is 0.129 e. The average molecular weight is 449 g/mol. The van der Waals surface area contributed by atoms with E-state index >= 15 is 0 Å². The Morgan fingerprint density at radius 3 is 2.53 bits per heavy atom. The Morgan fingerprint density at radius 1 is 0.844 bits per heavy atom. The van der Waals surface area contributed by atoms with Crippen molar-refractivity contribution in [1.29, 1.82) is 0 Å². The molecule has 5 rings (SSSR count). The first-order chi connectivity index (χ1) is 15.7. The molecule has 0 saturated carbocycles. The molecule has 0 unspecified atom stereocenters. The lowest BCUT2D eigenvalue weighted by molar-refractivity contribution is 0.130. The van der Waals surface area contributed by atoms with E-state index in [1.54, 1.807) is 0 Å². The van der Waals surface area contributed by atoms with Crippen LogP contribution in [0.25, 0.3) is 10.9 Å². The van der Waals surface area contributed by atoms with Gasteiger partial charge >= 0.3 is 0 Å². The summed E-state index contributed by atoms with van der Waals surface area (Å²) in [5.74, 6) is 1.85. The highest BCUT2D eigenvalue weighted by Crippen LogP contribution is 2.25. The number of rotatable bonds is 6. The summed E-state index contributed by atoms with van der Waals surface area (Å²) in [6, 6.07) is 21.2. The highest BCUT2D eigenvalue weighted by Gasteiger charge is 2.25. The fourth-order valence-electron chi connectivity index (χ4n) is 5.24. The maximum atomic E-state index is 6.38. The molecule has 2 aliphatic heterocycles. The molecule has 3 heterocycles. The van der Waals surface area contributed by atoms with Gasteiger partial charge in [-0.3, -0.25) is 4.90 Å². The summed E-state index contributed by atoms with van der Waals surface area (Å²) in [5, 5.41) is 1.84. The monoisotopic (exact) mass is 448 g/mol. The zero-order valence-electron chi connectivity index (χ0n) is 18.8. The van der Waals surface area contributed by atoms with Crippen LogP contribution in [0.4, 0.5) is 5.82 Å². The summed E-state index contributed by atoms with van der Waals surface area (Å²) < 4.78 is 0. The molecule has 5 heteroatoms. The summed E-state index contributed by atoms with van der Waals surface area (Å²) >= 11 is 6.38. The van der Waals surface area contributed by atoms with Crippen LogP contribution < -0.4 is 4.90 Å². The quantitative estimate of drug-likeness (QED) is 0.531. The van der Waals surface area contributed by atoms with E-state index in [9.17, 15) is 0 Å². The van der Waals surface area contributed by atoms with Crippen molar-refractivity contribution >= 4 is 28.3 Å². The van der Waals surface area contributed by atoms with Gasteiger partial charge in [0, 0.05) is 51.2 Å². The van der Waals surface area contributed by atoms with E-state index in [2.05, 4.69) is 63.2 Å². The fraction of sp³-hybridized carbons (Fsp3) is 0.444. The Kier molecular flexibility index (Phi) is 6.92. The number of hydrogen-bond donors (Lipinski definition) is 0. The van der Waals surface area contributed by atoms with Crippen LogP contribution in [0.5, 0.6) is 0 Å². The average Bonchev–Trinajstić information content (AvgIpc) is 2.84. The molecule has 0 N–H and O–H groups in total. The molecule has 1 atom stereocenters. The molecule has 2 fully saturated rings. The molecule has 2 saturated heterocycles. The fourth-order valence-corrected chi connectivity index (χ4v) is 5.46. The summed E-state index contributed by atoms with van der Waals surface area (Å²) in [5.41, 5.74) is 2.36. The number of para-hydroxylation sites is 1. The molecule has 0 amide bonds. The van der Waals surface area contributed by atoms with Crippen molar-refractivity contribution in [1.82, 2.24) is 14.8 Å². The summed E-state index contributed by atoms with van der Waals surface area (Å²) in [4.78, 5) is 12.6. The number of benzene rings is 2. The van der Waals surface area contributed by atoms with Crippen LogP contribution in [0.1, 0.15) is 18.4 Å². The molecule has 4 nitrogen and oxygen atoms in total. The maximum absolute atomic E-state index is 6.38. The minimum Gasteiger partial charge on any atom is -0.354 e. The van der Waals surface area contributed by atoms with Crippen LogP contribution >= 0.6 is 11.6 Å². The predicted octanol–water partition coefficient (Wildman–Crippen LogP) is 4.96. The second-order valence-corrected chi connectivity index (χ2v) is 9.72. The molecule has 2 aromatic carbocycles. The lowest BCUT2D eigenvalue weighted by Crippen LogP contribution is -2.50. The van der Waals surface area contributed by atoms with Crippen molar-refractivity contribution < 1.29 is 0 Å². The van der Waals surface area contributed by atoms with Crippen molar-refractivity contribution in [3.63, 3.8) is 0 Å². The van der Waals surface area contributed by atoms with Gasteiger partial charge < -0.3 is 9.80 Å². The first kappa shape index (κ1) is 21.7. The molecular weight excluding hydrogens is 416 g/mol. The zero-order chi connectivity index (χ0) is 21.8. The Labute approximate surface area is 196 Å². The molecular formula is C27H33ClN4. The van der Waals surface area contributed by atoms with Crippen LogP contribution in [0.15, 0.2) is 60.7 Å². The topological polar surface area (TPSA) is 22.6 Å². The molecule has 0 spiro atoms. The first-order valence-electron chi connectivity index (χ1n) is 12.0. The molecule has 2 aliphatic rings. The minimum atomic E-state index is 0.733. The van der Waals surface area contributed by atoms with Gasteiger partial charge in [0.05, 0.1) is 10.5 Å². The number of pyridine rings is 1. The van der Waals surface area contributed by atoms with Crippen molar-refractivity contribution in [2.75, 3.05) is 57.3 Å². The van der Waals surface area contributed by atoms with E-state index in [0.717, 1.165) is 60.3 Å². The summed E-state index contributed by atoms with van der Waals surface area (Å²) in [6.45, 7) is 9.22. The van der Waals surface area contributed by atoms with Gasteiger partial charge in [0.15, 0.2) is 0 Å². The van der Waals surface area contributed by atoms with Gasteiger partial charge in [0.25, 0.3) is 0 Å². The number of piperazine rings is 1. The van der Waals surface area contributed by atoms with Gasteiger partial charge in [-0.25, -0.2) is 4.98 Å². The van der Waals surface area contributed by atoms with E-state index in [4.69, 9.17) is 16.6 Å². The van der Waals surface area contributed by atoms with Crippen LogP contribution in [-0.4, -0.2) is 67.1 Å². The molecule has 0 bridgehead atoms. The molecule has 0 aliphatic carbocycles. The van der Waals surface area contributed by atoms with E-state index in [0.29, 0.717) is 0 Å².